The summed E-state index contributed by atoms with van der Waals surface area (Å²) >= 11 is 6.08. The molecule has 1 aliphatic heterocycles. The molecule has 3 nitrogen and oxygen atoms in total. The zero-order valence-corrected chi connectivity index (χ0v) is 10.6. The Labute approximate surface area is 105 Å². The number of hydrogen-bond donors (Lipinski definition) is 0. The van der Waals surface area contributed by atoms with Crippen molar-refractivity contribution in [1.82, 2.24) is 4.90 Å². The maximum atomic E-state index is 11.8. The van der Waals surface area contributed by atoms with Gasteiger partial charge in [-0.15, -0.1) is 11.6 Å². The van der Waals surface area contributed by atoms with Crippen molar-refractivity contribution in [3.63, 3.8) is 0 Å². The zero-order chi connectivity index (χ0) is 12.8. The lowest BCUT2D eigenvalue weighted by Gasteiger charge is -2.34. The van der Waals surface area contributed by atoms with Crippen molar-refractivity contribution < 1.29 is 18.3 Å². The van der Waals surface area contributed by atoms with Crippen molar-refractivity contribution in [2.45, 2.75) is 31.6 Å². The van der Waals surface area contributed by atoms with E-state index < -0.39 is 13.0 Å². The molecule has 0 radical (unpaired) electrons. The highest BCUT2D eigenvalue weighted by Gasteiger charge is 2.26. The van der Waals surface area contributed by atoms with E-state index in [0.29, 0.717) is 19.0 Å². The van der Waals surface area contributed by atoms with Gasteiger partial charge in [-0.05, 0) is 12.3 Å². The molecule has 1 amide bonds. The third-order valence-electron chi connectivity index (χ3n) is 2.92. The highest BCUT2D eigenvalue weighted by Crippen LogP contribution is 2.22. The van der Waals surface area contributed by atoms with Crippen molar-refractivity contribution in [2.24, 2.45) is 5.92 Å². The van der Waals surface area contributed by atoms with Crippen molar-refractivity contribution in [3.8, 4) is 0 Å². The predicted octanol–water partition coefficient (Wildman–Crippen LogP) is 2.13. The van der Waals surface area contributed by atoms with Gasteiger partial charge in [0.05, 0.1) is 18.4 Å². The SMILES string of the molecule is CC1CCN(C(=O)CCOCC(F)F)CC1Cl. The van der Waals surface area contributed by atoms with Crippen LogP contribution < -0.4 is 0 Å². The Hall–Kier alpha value is -0.420. The fraction of sp³-hybridized carbons (Fsp3) is 0.909. The van der Waals surface area contributed by atoms with Gasteiger partial charge in [0, 0.05) is 13.1 Å². The number of ether oxygens (including phenoxy) is 1. The number of amides is 1. The molecule has 2 unspecified atom stereocenters. The molecule has 1 fully saturated rings. The topological polar surface area (TPSA) is 29.5 Å². The highest BCUT2D eigenvalue weighted by atomic mass is 35.5. The fourth-order valence-corrected chi connectivity index (χ4v) is 2.03. The van der Waals surface area contributed by atoms with Crippen molar-refractivity contribution in [1.29, 1.82) is 0 Å². The third kappa shape index (κ3) is 5.17. The van der Waals surface area contributed by atoms with Crippen LogP contribution in [0.15, 0.2) is 0 Å². The Balaban J connectivity index is 2.19. The van der Waals surface area contributed by atoms with Crippen LogP contribution >= 0.6 is 11.6 Å². The van der Waals surface area contributed by atoms with E-state index >= 15 is 0 Å². The first-order chi connectivity index (χ1) is 8.00. The molecule has 1 rings (SSSR count). The van der Waals surface area contributed by atoms with Gasteiger partial charge in [0.15, 0.2) is 0 Å². The summed E-state index contributed by atoms with van der Waals surface area (Å²) in [6.45, 7) is 2.73. The van der Waals surface area contributed by atoms with E-state index in [4.69, 9.17) is 11.6 Å². The summed E-state index contributed by atoms with van der Waals surface area (Å²) in [4.78, 5) is 13.4. The molecular weight excluding hydrogens is 252 g/mol. The molecule has 1 aliphatic rings. The second-order valence-electron chi connectivity index (χ2n) is 4.34. The van der Waals surface area contributed by atoms with E-state index in [1.807, 2.05) is 0 Å². The normalized spacial score (nSPS) is 25.4. The first kappa shape index (κ1) is 14.6. The maximum absolute atomic E-state index is 11.8. The van der Waals surface area contributed by atoms with Gasteiger partial charge in [0.25, 0.3) is 6.43 Å². The van der Waals surface area contributed by atoms with Crippen LogP contribution in [0.1, 0.15) is 19.8 Å². The largest absolute Gasteiger partial charge is 0.375 e. The lowest BCUT2D eigenvalue weighted by Crippen LogP contribution is -2.44. The molecule has 0 saturated carbocycles. The van der Waals surface area contributed by atoms with Gasteiger partial charge in [-0.2, -0.15) is 0 Å². The molecule has 0 aromatic rings. The van der Waals surface area contributed by atoms with Crippen LogP contribution in [0, 0.1) is 5.92 Å². The standard InChI is InChI=1S/C11H18ClF2NO2/c1-8-2-4-15(6-9(8)12)11(16)3-5-17-7-10(13)14/h8-10H,2-7H2,1H3. The van der Waals surface area contributed by atoms with Gasteiger partial charge in [0.2, 0.25) is 5.91 Å². The maximum Gasteiger partial charge on any atom is 0.261 e. The molecule has 17 heavy (non-hydrogen) atoms. The number of carbonyl (C=O) groups is 1. The van der Waals surface area contributed by atoms with Crippen LogP contribution in [-0.2, 0) is 9.53 Å². The molecule has 0 spiro atoms. The Morgan fingerprint density at radius 3 is 2.88 bits per heavy atom. The monoisotopic (exact) mass is 269 g/mol. The Bertz CT molecular complexity index is 254. The second kappa shape index (κ2) is 7.11. The predicted molar refractivity (Wildman–Crippen MR) is 61.4 cm³/mol. The molecule has 100 valence electrons. The summed E-state index contributed by atoms with van der Waals surface area (Å²) in [5.41, 5.74) is 0. The molecule has 0 aromatic carbocycles. The van der Waals surface area contributed by atoms with Crippen LogP contribution in [0.5, 0.6) is 0 Å². The van der Waals surface area contributed by atoms with Gasteiger partial charge in [-0.25, -0.2) is 8.78 Å². The number of halogens is 3. The summed E-state index contributed by atoms with van der Waals surface area (Å²) in [5.74, 6) is 0.340. The van der Waals surface area contributed by atoms with Gasteiger partial charge in [-0.3, -0.25) is 4.79 Å². The molecule has 1 saturated heterocycles. The van der Waals surface area contributed by atoms with E-state index in [9.17, 15) is 13.6 Å². The average molecular weight is 270 g/mol. The van der Waals surface area contributed by atoms with Crippen LogP contribution in [-0.4, -0.2) is 48.9 Å². The quantitative estimate of drug-likeness (QED) is 0.565. The molecule has 1 heterocycles. The summed E-state index contributed by atoms with van der Waals surface area (Å²) in [7, 11) is 0. The molecule has 0 bridgehead atoms. The fourth-order valence-electron chi connectivity index (χ4n) is 1.74. The van der Waals surface area contributed by atoms with Gasteiger partial charge in [0.1, 0.15) is 6.61 Å². The summed E-state index contributed by atoms with van der Waals surface area (Å²) < 4.78 is 28.2. The van der Waals surface area contributed by atoms with Crippen molar-refractivity contribution in [3.05, 3.63) is 0 Å². The molecule has 0 N–H and O–H groups in total. The molecular formula is C11H18ClF2NO2. The van der Waals surface area contributed by atoms with Crippen LogP contribution in [0.25, 0.3) is 0 Å². The number of likely N-dealkylation sites (tertiary alicyclic amines) is 1. The lowest BCUT2D eigenvalue weighted by molar-refractivity contribution is -0.134. The Morgan fingerprint density at radius 2 is 2.29 bits per heavy atom. The average Bonchev–Trinajstić information content (AvgIpc) is 2.27. The highest BCUT2D eigenvalue weighted by molar-refractivity contribution is 6.21. The first-order valence-corrected chi connectivity index (χ1v) is 6.22. The van der Waals surface area contributed by atoms with E-state index in [1.165, 1.54) is 0 Å². The summed E-state index contributed by atoms with van der Waals surface area (Å²) in [6, 6.07) is 0. The Morgan fingerprint density at radius 1 is 1.59 bits per heavy atom. The lowest BCUT2D eigenvalue weighted by atomic mass is 9.98. The molecule has 0 aromatic heterocycles. The zero-order valence-electron chi connectivity index (χ0n) is 9.87. The third-order valence-corrected chi connectivity index (χ3v) is 3.49. The van der Waals surface area contributed by atoms with E-state index in [-0.39, 0.29) is 24.3 Å². The van der Waals surface area contributed by atoms with Gasteiger partial charge in [-0.1, -0.05) is 6.92 Å². The van der Waals surface area contributed by atoms with E-state index in [0.717, 1.165) is 6.42 Å². The number of piperidine rings is 1. The smallest absolute Gasteiger partial charge is 0.261 e. The van der Waals surface area contributed by atoms with Crippen molar-refractivity contribution >= 4 is 17.5 Å². The minimum atomic E-state index is -2.48. The number of rotatable bonds is 5. The number of hydrogen-bond acceptors (Lipinski definition) is 2. The summed E-state index contributed by atoms with van der Waals surface area (Å²) in [6.07, 6.45) is -1.45. The minimum absolute atomic E-state index is 0.0188. The number of nitrogens with zero attached hydrogens (tertiary/aromatic N) is 1. The first-order valence-electron chi connectivity index (χ1n) is 5.78. The van der Waals surface area contributed by atoms with Crippen LogP contribution in [0.3, 0.4) is 0 Å². The molecule has 2 atom stereocenters. The van der Waals surface area contributed by atoms with E-state index in [1.54, 1.807) is 4.90 Å². The van der Waals surface area contributed by atoms with Gasteiger partial charge >= 0.3 is 0 Å². The minimum Gasteiger partial charge on any atom is -0.375 e. The number of carbonyl (C=O) groups excluding carboxylic acids is 1. The Kier molecular flexibility index (Phi) is 6.12. The van der Waals surface area contributed by atoms with Crippen LogP contribution in [0.2, 0.25) is 0 Å². The molecule has 6 heteroatoms. The second-order valence-corrected chi connectivity index (χ2v) is 4.90. The number of alkyl halides is 3. The van der Waals surface area contributed by atoms with Crippen LogP contribution in [0.4, 0.5) is 8.78 Å². The summed E-state index contributed by atoms with van der Waals surface area (Å²) in [5, 5.41) is -0.0188. The van der Waals surface area contributed by atoms with Gasteiger partial charge < -0.3 is 9.64 Å². The molecule has 0 aliphatic carbocycles. The van der Waals surface area contributed by atoms with E-state index in [2.05, 4.69) is 11.7 Å². The van der Waals surface area contributed by atoms with Crippen molar-refractivity contribution in [2.75, 3.05) is 26.3 Å².